The third-order valence-electron chi connectivity index (χ3n) is 8.52. The van der Waals surface area contributed by atoms with Gasteiger partial charge in [0.05, 0.1) is 0 Å². The van der Waals surface area contributed by atoms with Crippen molar-refractivity contribution in [2.75, 3.05) is 19.6 Å². The fourth-order valence-corrected chi connectivity index (χ4v) is 5.92. The van der Waals surface area contributed by atoms with Gasteiger partial charge in [-0.2, -0.15) is 0 Å². The number of hydrogen-bond donors (Lipinski definition) is 0. The Bertz CT molecular complexity index is 1230. The number of likely N-dealkylation sites (tertiary alicyclic amines) is 1. The lowest BCUT2D eigenvalue weighted by atomic mass is 9.83. The average molecular weight is 572 g/mol. The first kappa shape index (κ1) is 31.6. The molecule has 0 unspecified atom stereocenters. The Balaban J connectivity index is 1.34. The van der Waals surface area contributed by atoms with Crippen molar-refractivity contribution in [1.29, 1.82) is 0 Å². The number of Topliss-reactive ketones (excluding diaryl/α,β-unsaturated/α-hetero) is 1. The van der Waals surface area contributed by atoms with Crippen molar-refractivity contribution in [3.63, 3.8) is 0 Å². The van der Waals surface area contributed by atoms with Crippen LogP contribution in [0.4, 0.5) is 4.39 Å². The summed E-state index contributed by atoms with van der Waals surface area (Å²) in [5.74, 6) is -0.394. The molecular weight excluding hydrogens is 525 g/mol. The standard InChI is InChI=1S/C37H46FNO3/c1-2-3-4-5-6-7-11-16-36(41)42-37(33-21-17-31(18-22-33)30-13-9-8-10-14-30)25-28-39(29-26-37)27-12-15-35(40)32-19-23-34(38)24-20-32/h8-10,13-14,17-24H,2-7,11-12,15-16,25-29H2,1H3. The van der Waals surface area contributed by atoms with Crippen LogP contribution >= 0.6 is 0 Å². The molecular formula is C37H46FNO3. The monoisotopic (exact) mass is 571 g/mol. The summed E-state index contributed by atoms with van der Waals surface area (Å²) in [6.07, 6.45) is 11.3. The molecule has 0 radical (unpaired) electrons. The van der Waals surface area contributed by atoms with E-state index in [0.717, 1.165) is 62.9 Å². The van der Waals surface area contributed by atoms with Gasteiger partial charge in [0.25, 0.3) is 0 Å². The number of rotatable bonds is 16. The molecule has 0 spiro atoms. The largest absolute Gasteiger partial charge is 0.454 e. The Morgan fingerprint density at radius 1 is 0.738 bits per heavy atom. The number of unbranched alkanes of at least 4 members (excludes halogenated alkanes) is 6. The molecule has 0 aromatic heterocycles. The summed E-state index contributed by atoms with van der Waals surface area (Å²) in [5.41, 5.74) is 3.29. The van der Waals surface area contributed by atoms with Crippen molar-refractivity contribution < 1.29 is 18.7 Å². The fraction of sp³-hybridized carbons (Fsp3) is 0.459. The van der Waals surface area contributed by atoms with Crippen LogP contribution in [0.1, 0.15) is 99.9 Å². The van der Waals surface area contributed by atoms with Crippen molar-refractivity contribution in [2.24, 2.45) is 0 Å². The van der Waals surface area contributed by atoms with Crippen molar-refractivity contribution in [3.8, 4) is 11.1 Å². The lowest BCUT2D eigenvalue weighted by molar-refractivity contribution is -0.167. The highest BCUT2D eigenvalue weighted by molar-refractivity contribution is 5.95. The molecule has 4 rings (SSSR count). The molecule has 5 heteroatoms. The molecule has 1 saturated heterocycles. The molecule has 1 aliphatic rings. The van der Waals surface area contributed by atoms with Gasteiger partial charge in [0.1, 0.15) is 11.4 Å². The highest BCUT2D eigenvalue weighted by Crippen LogP contribution is 2.38. The van der Waals surface area contributed by atoms with Gasteiger partial charge in [-0.05, 0) is 60.3 Å². The molecule has 224 valence electrons. The molecule has 1 heterocycles. The summed E-state index contributed by atoms with van der Waals surface area (Å²) in [6, 6.07) is 24.6. The molecule has 3 aromatic rings. The van der Waals surface area contributed by atoms with Crippen LogP contribution in [0.15, 0.2) is 78.9 Å². The minimum atomic E-state index is -0.631. The summed E-state index contributed by atoms with van der Waals surface area (Å²) in [5, 5.41) is 0. The van der Waals surface area contributed by atoms with Crippen LogP contribution in [0.3, 0.4) is 0 Å². The average Bonchev–Trinajstić information content (AvgIpc) is 3.02. The van der Waals surface area contributed by atoms with Gasteiger partial charge in [0.2, 0.25) is 0 Å². The van der Waals surface area contributed by atoms with Gasteiger partial charge >= 0.3 is 5.97 Å². The van der Waals surface area contributed by atoms with Crippen molar-refractivity contribution in [1.82, 2.24) is 4.90 Å². The zero-order chi connectivity index (χ0) is 29.6. The number of ether oxygens (including phenoxy) is 1. The molecule has 1 aliphatic heterocycles. The number of hydrogen-bond acceptors (Lipinski definition) is 4. The summed E-state index contributed by atoms with van der Waals surface area (Å²) < 4.78 is 19.6. The minimum Gasteiger partial charge on any atom is -0.454 e. The number of esters is 1. The van der Waals surface area contributed by atoms with E-state index < -0.39 is 5.60 Å². The van der Waals surface area contributed by atoms with E-state index in [0.29, 0.717) is 18.4 Å². The van der Waals surface area contributed by atoms with E-state index in [1.165, 1.54) is 49.8 Å². The van der Waals surface area contributed by atoms with E-state index in [9.17, 15) is 14.0 Å². The Kier molecular flexibility index (Phi) is 12.3. The normalized spacial score (nSPS) is 14.9. The lowest BCUT2D eigenvalue weighted by Gasteiger charge is -2.41. The second-order valence-electron chi connectivity index (χ2n) is 11.7. The molecule has 3 aromatic carbocycles. The van der Waals surface area contributed by atoms with E-state index in [2.05, 4.69) is 48.2 Å². The molecule has 0 atom stereocenters. The highest BCUT2D eigenvalue weighted by atomic mass is 19.1. The zero-order valence-corrected chi connectivity index (χ0v) is 25.2. The Hall–Kier alpha value is -3.31. The number of benzene rings is 3. The molecule has 0 N–H and O–H groups in total. The first-order valence-corrected chi connectivity index (χ1v) is 15.9. The number of halogens is 1. The van der Waals surface area contributed by atoms with Crippen LogP contribution in [-0.2, 0) is 15.1 Å². The molecule has 0 amide bonds. The maximum atomic E-state index is 13.2. The van der Waals surface area contributed by atoms with Crippen molar-refractivity contribution >= 4 is 11.8 Å². The second kappa shape index (κ2) is 16.4. The molecule has 4 nitrogen and oxygen atoms in total. The lowest BCUT2D eigenvalue weighted by Crippen LogP contribution is -2.45. The van der Waals surface area contributed by atoms with Gasteiger partial charge in [0, 0.05) is 44.3 Å². The quantitative estimate of drug-likeness (QED) is 0.0977. The predicted octanol–water partition coefficient (Wildman–Crippen LogP) is 9.13. The Morgan fingerprint density at radius 2 is 1.36 bits per heavy atom. The summed E-state index contributed by atoms with van der Waals surface area (Å²) in [7, 11) is 0. The van der Waals surface area contributed by atoms with Gasteiger partial charge in [-0.15, -0.1) is 0 Å². The fourth-order valence-electron chi connectivity index (χ4n) is 5.92. The van der Waals surface area contributed by atoms with E-state index in [4.69, 9.17) is 4.74 Å². The van der Waals surface area contributed by atoms with Gasteiger partial charge in [0.15, 0.2) is 5.78 Å². The van der Waals surface area contributed by atoms with E-state index >= 15 is 0 Å². The Labute approximate surface area is 251 Å². The van der Waals surface area contributed by atoms with Crippen LogP contribution < -0.4 is 0 Å². The molecule has 42 heavy (non-hydrogen) atoms. The summed E-state index contributed by atoms with van der Waals surface area (Å²) in [6.45, 7) is 4.64. The van der Waals surface area contributed by atoms with Crippen LogP contribution in [-0.4, -0.2) is 36.3 Å². The number of carbonyl (C=O) groups is 2. The van der Waals surface area contributed by atoms with E-state index in [1.807, 2.05) is 18.2 Å². The first-order valence-electron chi connectivity index (χ1n) is 15.9. The van der Waals surface area contributed by atoms with Gasteiger partial charge in [-0.3, -0.25) is 9.59 Å². The van der Waals surface area contributed by atoms with Crippen LogP contribution in [0.2, 0.25) is 0 Å². The van der Waals surface area contributed by atoms with Crippen LogP contribution in [0.5, 0.6) is 0 Å². The minimum absolute atomic E-state index is 0.0409. The van der Waals surface area contributed by atoms with Crippen LogP contribution in [0.25, 0.3) is 11.1 Å². The Morgan fingerprint density at radius 3 is 2.02 bits per heavy atom. The molecule has 0 saturated carbocycles. The highest BCUT2D eigenvalue weighted by Gasteiger charge is 2.39. The SMILES string of the molecule is CCCCCCCCCC(=O)OC1(c2ccc(-c3ccccc3)cc2)CCN(CCCC(=O)c2ccc(F)cc2)CC1. The van der Waals surface area contributed by atoms with E-state index in [1.54, 1.807) is 12.1 Å². The first-order chi connectivity index (χ1) is 20.5. The number of ketones is 1. The summed E-state index contributed by atoms with van der Waals surface area (Å²) in [4.78, 5) is 28.0. The number of carbonyl (C=O) groups excluding carboxylic acids is 2. The van der Waals surface area contributed by atoms with Crippen molar-refractivity contribution in [3.05, 3.63) is 95.8 Å². The molecule has 0 aliphatic carbocycles. The van der Waals surface area contributed by atoms with Gasteiger partial charge < -0.3 is 9.64 Å². The maximum Gasteiger partial charge on any atom is 0.306 e. The predicted molar refractivity (Wildman–Crippen MR) is 168 cm³/mol. The van der Waals surface area contributed by atoms with E-state index in [-0.39, 0.29) is 17.6 Å². The van der Waals surface area contributed by atoms with Crippen molar-refractivity contribution in [2.45, 2.75) is 89.6 Å². The van der Waals surface area contributed by atoms with Crippen LogP contribution in [0, 0.1) is 5.82 Å². The summed E-state index contributed by atoms with van der Waals surface area (Å²) >= 11 is 0. The second-order valence-corrected chi connectivity index (χ2v) is 11.7. The molecule has 1 fully saturated rings. The maximum absolute atomic E-state index is 13.2. The zero-order valence-electron chi connectivity index (χ0n) is 25.2. The third kappa shape index (κ3) is 9.35. The van der Waals surface area contributed by atoms with Gasteiger partial charge in [-0.25, -0.2) is 4.39 Å². The third-order valence-corrected chi connectivity index (χ3v) is 8.52. The van der Waals surface area contributed by atoms with Gasteiger partial charge in [-0.1, -0.05) is 100 Å². The number of nitrogens with zero attached hydrogens (tertiary/aromatic N) is 1. The molecule has 0 bridgehead atoms. The number of piperidine rings is 1. The topological polar surface area (TPSA) is 46.6 Å². The smallest absolute Gasteiger partial charge is 0.306 e.